The number of nitrogens with one attached hydrogen (secondary N) is 2. The molecule has 3 atom stereocenters. The van der Waals surface area contributed by atoms with E-state index >= 15 is 0 Å². The third-order valence-corrected chi connectivity index (χ3v) is 6.16. The molecule has 2 heterocycles. The molecule has 0 spiro atoms. The van der Waals surface area contributed by atoms with Crippen LogP contribution in [-0.2, 0) is 9.59 Å². The first-order chi connectivity index (χ1) is 15.5. The summed E-state index contributed by atoms with van der Waals surface area (Å²) in [6.07, 6.45) is 1.73. The summed E-state index contributed by atoms with van der Waals surface area (Å²) in [4.78, 5) is 36.6. The monoisotopic (exact) mass is 457 g/mol. The van der Waals surface area contributed by atoms with Gasteiger partial charge in [0.2, 0.25) is 11.8 Å². The predicted molar refractivity (Wildman–Crippen MR) is 127 cm³/mol. The van der Waals surface area contributed by atoms with Crippen LogP contribution in [0.1, 0.15) is 56.6 Å². The van der Waals surface area contributed by atoms with Crippen LogP contribution in [0.3, 0.4) is 0 Å². The van der Waals surface area contributed by atoms with Crippen molar-refractivity contribution in [2.45, 2.75) is 52.1 Å². The van der Waals surface area contributed by atoms with E-state index in [2.05, 4.69) is 31.4 Å². The molecule has 0 bridgehead atoms. The number of aromatic nitrogens is 1. The Morgan fingerprint density at radius 2 is 2.03 bits per heavy atom. The molecule has 9 nitrogen and oxygen atoms in total. The summed E-state index contributed by atoms with van der Waals surface area (Å²) in [7, 11) is 1.58. The first-order valence-corrected chi connectivity index (χ1v) is 11.3. The van der Waals surface area contributed by atoms with Crippen molar-refractivity contribution in [3.05, 3.63) is 30.0 Å². The number of fused-ring (bicyclic) bond motifs is 1. The topological polar surface area (TPSA) is 141 Å². The van der Waals surface area contributed by atoms with E-state index in [9.17, 15) is 14.4 Å². The number of hydrogen-bond donors (Lipinski definition) is 4. The Labute approximate surface area is 194 Å². The molecule has 6 N–H and O–H groups in total. The van der Waals surface area contributed by atoms with Gasteiger partial charge in [-0.25, -0.2) is 0 Å². The minimum Gasteiger partial charge on any atom is -0.496 e. The molecule has 0 radical (unpaired) electrons. The highest BCUT2D eigenvalue weighted by atomic mass is 16.5. The van der Waals surface area contributed by atoms with Crippen molar-refractivity contribution in [1.29, 1.82) is 0 Å². The van der Waals surface area contributed by atoms with Gasteiger partial charge in [-0.2, -0.15) is 0 Å². The van der Waals surface area contributed by atoms with Crippen LogP contribution in [0.4, 0.5) is 0 Å². The van der Waals surface area contributed by atoms with E-state index in [1.54, 1.807) is 13.2 Å². The maximum absolute atomic E-state index is 12.4. The van der Waals surface area contributed by atoms with Crippen molar-refractivity contribution in [1.82, 2.24) is 15.2 Å². The third kappa shape index (κ3) is 5.65. The van der Waals surface area contributed by atoms with Crippen molar-refractivity contribution in [3.8, 4) is 5.75 Å². The molecule has 3 rings (SSSR count). The maximum Gasteiger partial charge on any atom is 0.265 e. The molecule has 33 heavy (non-hydrogen) atoms. The first-order valence-electron chi connectivity index (χ1n) is 11.3. The molecule has 0 aliphatic carbocycles. The fraction of sp³-hybridized carbons (Fsp3) is 0.542. The molecule has 1 aromatic carbocycles. The average molecular weight is 458 g/mol. The van der Waals surface area contributed by atoms with Crippen molar-refractivity contribution in [2.75, 3.05) is 20.2 Å². The fourth-order valence-corrected chi connectivity index (χ4v) is 4.68. The molecular formula is C24H35N5O4. The number of benzene rings is 1. The van der Waals surface area contributed by atoms with Gasteiger partial charge in [0.05, 0.1) is 18.7 Å². The van der Waals surface area contributed by atoms with E-state index in [1.807, 2.05) is 22.8 Å². The summed E-state index contributed by atoms with van der Waals surface area (Å²) < 4.78 is 7.42. The van der Waals surface area contributed by atoms with E-state index in [-0.39, 0.29) is 23.3 Å². The summed E-state index contributed by atoms with van der Waals surface area (Å²) >= 11 is 0. The van der Waals surface area contributed by atoms with Gasteiger partial charge in [0.15, 0.2) is 0 Å². The second-order valence-electron chi connectivity index (χ2n) is 9.95. The molecule has 0 unspecified atom stereocenters. The highest BCUT2D eigenvalue weighted by molar-refractivity contribution is 5.99. The molecule has 3 amide bonds. The van der Waals surface area contributed by atoms with Crippen LogP contribution < -0.4 is 26.8 Å². The summed E-state index contributed by atoms with van der Waals surface area (Å²) in [6.45, 7) is 7.33. The molecule has 1 aromatic heterocycles. The number of amides is 3. The summed E-state index contributed by atoms with van der Waals surface area (Å²) in [6, 6.07) is 6.53. The van der Waals surface area contributed by atoms with E-state index < -0.39 is 17.9 Å². The van der Waals surface area contributed by atoms with E-state index in [4.69, 9.17) is 16.2 Å². The highest BCUT2D eigenvalue weighted by Crippen LogP contribution is 2.35. The van der Waals surface area contributed by atoms with Crippen LogP contribution in [0.2, 0.25) is 0 Å². The molecule has 180 valence electrons. The van der Waals surface area contributed by atoms with Crippen LogP contribution in [-0.4, -0.2) is 48.5 Å². The second-order valence-corrected chi connectivity index (χ2v) is 9.95. The molecule has 2 aromatic rings. The molecule has 1 aliphatic rings. The number of methoxy groups -OCH3 is 1. The van der Waals surface area contributed by atoms with Gasteiger partial charge in [-0.05, 0) is 42.9 Å². The van der Waals surface area contributed by atoms with Crippen molar-refractivity contribution < 1.29 is 19.1 Å². The Balaban J connectivity index is 1.97. The smallest absolute Gasteiger partial charge is 0.265 e. The summed E-state index contributed by atoms with van der Waals surface area (Å²) in [5.41, 5.74) is 12.5. The Kier molecular flexibility index (Phi) is 7.31. The minimum absolute atomic E-state index is 0.0474. The Morgan fingerprint density at radius 1 is 1.30 bits per heavy atom. The lowest BCUT2D eigenvalue weighted by molar-refractivity contribution is -0.124. The largest absolute Gasteiger partial charge is 0.496 e. The molecule has 1 fully saturated rings. The minimum atomic E-state index is -0.658. The molecule has 1 saturated heterocycles. The molecular weight excluding hydrogens is 422 g/mol. The Hall–Kier alpha value is -3.07. The maximum atomic E-state index is 12.4. The van der Waals surface area contributed by atoms with Crippen molar-refractivity contribution in [3.63, 3.8) is 0 Å². The third-order valence-electron chi connectivity index (χ3n) is 6.16. The zero-order valence-corrected chi connectivity index (χ0v) is 19.8. The Morgan fingerprint density at radius 3 is 2.58 bits per heavy atom. The van der Waals surface area contributed by atoms with Gasteiger partial charge in [0, 0.05) is 30.4 Å². The normalized spacial score (nSPS) is 18.2. The van der Waals surface area contributed by atoms with Crippen LogP contribution >= 0.6 is 0 Å². The van der Waals surface area contributed by atoms with Crippen molar-refractivity contribution in [2.24, 2.45) is 22.8 Å². The number of ether oxygens (including phenoxy) is 1. The number of rotatable bonds is 10. The van der Waals surface area contributed by atoms with E-state index in [0.717, 1.165) is 10.9 Å². The van der Waals surface area contributed by atoms with Gasteiger partial charge >= 0.3 is 0 Å². The predicted octanol–water partition coefficient (Wildman–Crippen LogP) is 1.70. The average Bonchev–Trinajstić information content (AvgIpc) is 3.32. The number of carbonyl (C=O) groups excluding carboxylic acids is 3. The van der Waals surface area contributed by atoms with Gasteiger partial charge in [-0.3, -0.25) is 14.4 Å². The van der Waals surface area contributed by atoms with E-state index in [0.29, 0.717) is 43.8 Å². The SMILES string of the molecule is COc1cccc2c1cc(C(N)=O)n2[C@H](CN[C@@H](C[C@@H]1CCNC1=O)C(N)=O)CC(C)(C)C. The second kappa shape index (κ2) is 9.82. The van der Waals surface area contributed by atoms with Crippen molar-refractivity contribution >= 4 is 28.6 Å². The Bertz CT molecular complexity index is 1040. The zero-order valence-electron chi connectivity index (χ0n) is 19.8. The number of primary amides is 2. The van der Waals surface area contributed by atoms with Gasteiger partial charge in [0.25, 0.3) is 5.91 Å². The quantitative estimate of drug-likeness (QED) is 0.430. The highest BCUT2D eigenvalue weighted by Gasteiger charge is 2.31. The summed E-state index contributed by atoms with van der Waals surface area (Å²) in [5, 5.41) is 6.87. The number of hydrogen-bond acceptors (Lipinski definition) is 5. The standard InChI is InChI=1S/C24H35N5O4/c1-24(2,3)12-15(13-28-17(21(25)30)10-14-8-9-27-23(14)32)29-18-6-5-7-20(33-4)16(18)11-19(29)22(26)31/h5-7,11,14-15,17,28H,8-10,12-13H2,1-4H3,(H2,25,30)(H2,26,31)(H,27,32)/t14-,15-,17-/m0/s1. The zero-order chi connectivity index (χ0) is 24.3. The molecule has 0 saturated carbocycles. The fourth-order valence-electron chi connectivity index (χ4n) is 4.68. The number of carbonyl (C=O) groups is 3. The lowest BCUT2D eigenvalue weighted by Crippen LogP contribution is -2.46. The van der Waals surface area contributed by atoms with Crippen LogP contribution in [0.5, 0.6) is 5.75 Å². The van der Waals surface area contributed by atoms with Gasteiger partial charge < -0.3 is 31.4 Å². The lowest BCUT2D eigenvalue weighted by atomic mass is 9.87. The molecule has 1 aliphatic heterocycles. The summed E-state index contributed by atoms with van der Waals surface area (Å²) in [5.74, 6) is -0.680. The van der Waals surface area contributed by atoms with Crippen LogP contribution in [0.25, 0.3) is 10.9 Å². The van der Waals surface area contributed by atoms with Gasteiger partial charge in [0.1, 0.15) is 11.4 Å². The van der Waals surface area contributed by atoms with Gasteiger partial charge in [-0.15, -0.1) is 0 Å². The number of nitrogens with two attached hydrogens (primary N) is 2. The number of nitrogens with zero attached hydrogens (tertiary/aromatic N) is 1. The van der Waals surface area contributed by atoms with Crippen LogP contribution in [0, 0.1) is 11.3 Å². The van der Waals surface area contributed by atoms with Crippen LogP contribution in [0.15, 0.2) is 24.3 Å². The van der Waals surface area contributed by atoms with E-state index in [1.165, 1.54) is 0 Å². The first kappa shape index (κ1) is 24.6. The molecule has 9 heteroatoms. The lowest BCUT2D eigenvalue weighted by Gasteiger charge is -2.31. The van der Waals surface area contributed by atoms with Gasteiger partial charge in [-0.1, -0.05) is 26.8 Å².